The Morgan fingerprint density at radius 3 is 2.68 bits per heavy atom. The number of rotatable bonds is 5. The zero-order chi connectivity index (χ0) is 13.7. The fourth-order valence-corrected chi connectivity index (χ4v) is 2.89. The van der Waals surface area contributed by atoms with E-state index in [9.17, 15) is 0 Å². The number of anilines is 1. The molecule has 2 rings (SSSR count). The molecule has 0 aliphatic carbocycles. The molecule has 2 atom stereocenters. The van der Waals surface area contributed by atoms with Crippen molar-refractivity contribution in [3.05, 3.63) is 23.9 Å². The molecule has 0 bridgehead atoms. The molecular formula is C16H27N3. The van der Waals surface area contributed by atoms with Gasteiger partial charge >= 0.3 is 0 Å². The molecule has 3 heteroatoms. The van der Waals surface area contributed by atoms with Crippen LogP contribution in [0.15, 0.2) is 18.2 Å². The molecular weight excluding hydrogens is 234 g/mol. The van der Waals surface area contributed by atoms with Crippen molar-refractivity contribution in [1.82, 2.24) is 9.88 Å². The Morgan fingerprint density at radius 2 is 2.00 bits per heavy atom. The summed E-state index contributed by atoms with van der Waals surface area (Å²) in [5.74, 6) is 1.01. The van der Waals surface area contributed by atoms with Crippen LogP contribution in [0, 0.1) is 0 Å². The predicted octanol–water partition coefficient (Wildman–Crippen LogP) is 3.67. The van der Waals surface area contributed by atoms with Crippen LogP contribution in [0.5, 0.6) is 0 Å². The molecule has 1 N–H and O–H groups in total. The molecule has 1 aromatic heterocycles. The topological polar surface area (TPSA) is 28.2 Å². The van der Waals surface area contributed by atoms with Crippen molar-refractivity contribution in [3.63, 3.8) is 0 Å². The Hall–Kier alpha value is -1.09. The van der Waals surface area contributed by atoms with E-state index in [1.807, 2.05) is 0 Å². The number of likely N-dealkylation sites (tertiary alicyclic amines) is 1. The van der Waals surface area contributed by atoms with Crippen molar-refractivity contribution in [2.24, 2.45) is 0 Å². The van der Waals surface area contributed by atoms with Gasteiger partial charge in [-0.2, -0.15) is 0 Å². The van der Waals surface area contributed by atoms with Crippen molar-refractivity contribution < 1.29 is 0 Å². The van der Waals surface area contributed by atoms with Gasteiger partial charge < -0.3 is 5.32 Å². The van der Waals surface area contributed by atoms with Gasteiger partial charge in [-0.3, -0.25) is 4.90 Å². The third-order valence-corrected chi connectivity index (χ3v) is 4.08. The minimum Gasteiger partial charge on any atom is -0.370 e. The van der Waals surface area contributed by atoms with Crippen LogP contribution < -0.4 is 5.32 Å². The summed E-state index contributed by atoms with van der Waals surface area (Å²) in [5, 5.41) is 3.36. The summed E-state index contributed by atoms with van der Waals surface area (Å²) >= 11 is 0. The second-order valence-electron chi connectivity index (χ2n) is 5.74. The summed E-state index contributed by atoms with van der Waals surface area (Å²) < 4.78 is 0. The molecule has 0 spiro atoms. The van der Waals surface area contributed by atoms with E-state index in [0.717, 1.165) is 25.3 Å². The van der Waals surface area contributed by atoms with E-state index < -0.39 is 0 Å². The first-order chi connectivity index (χ1) is 9.20. The van der Waals surface area contributed by atoms with Crippen LogP contribution in [-0.2, 0) is 6.54 Å². The molecule has 1 aromatic rings. The van der Waals surface area contributed by atoms with Crippen molar-refractivity contribution >= 4 is 5.82 Å². The van der Waals surface area contributed by atoms with Crippen molar-refractivity contribution in [1.29, 1.82) is 0 Å². The lowest BCUT2D eigenvalue weighted by Gasteiger charge is -2.38. The van der Waals surface area contributed by atoms with Crippen LogP contribution in [-0.4, -0.2) is 28.5 Å². The molecule has 1 aliphatic rings. The molecule has 1 fully saturated rings. The molecule has 2 heterocycles. The fourth-order valence-electron chi connectivity index (χ4n) is 2.89. The highest BCUT2D eigenvalue weighted by Gasteiger charge is 2.24. The zero-order valence-electron chi connectivity index (χ0n) is 12.5. The van der Waals surface area contributed by atoms with Gasteiger partial charge in [0.25, 0.3) is 0 Å². The first-order valence-electron chi connectivity index (χ1n) is 7.66. The van der Waals surface area contributed by atoms with Gasteiger partial charge in [-0.1, -0.05) is 19.4 Å². The smallest absolute Gasteiger partial charge is 0.126 e. The maximum Gasteiger partial charge on any atom is 0.126 e. The minimum atomic E-state index is 0.679. The number of nitrogens with one attached hydrogen (secondary N) is 1. The van der Waals surface area contributed by atoms with Crippen molar-refractivity contribution in [3.8, 4) is 0 Å². The van der Waals surface area contributed by atoms with Crippen LogP contribution in [0.25, 0.3) is 0 Å². The Kier molecular flexibility index (Phi) is 5.20. The summed E-state index contributed by atoms with van der Waals surface area (Å²) in [6, 6.07) is 7.67. The molecule has 0 saturated carbocycles. The van der Waals surface area contributed by atoms with Gasteiger partial charge in [0.2, 0.25) is 0 Å². The van der Waals surface area contributed by atoms with Gasteiger partial charge in [0, 0.05) is 25.2 Å². The number of hydrogen-bond donors (Lipinski definition) is 1. The van der Waals surface area contributed by atoms with Gasteiger partial charge in [0.1, 0.15) is 5.82 Å². The average Bonchev–Trinajstić information content (AvgIpc) is 2.41. The Bertz CT molecular complexity index is 381. The monoisotopic (exact) mass is 261 g/mol. The fraction of sp³-hybridized carbons (Fsp3) is 0.688. The minimum absolute atomic E-state index is 0.679. The predicted molar refractivity (Wildman–Crippen MR) is 81.3 cm³/mol. The number of hydrogen-bond acceptors (Lipinski definition) is 3. The van der Waals surface area contributed by atoms with Crippen molar-refractivity contribution in [2.45, 2.75) is 65.1 Å². The zero-order valence-corrected chi connectivity index (χ0v) is 12.5. The second-order valence-corrected chi connectivity index (χ2v) is 5.74. The van der Waals surface area contributed by atoms with E-state index in [1.165, 1.54) is 25.0 Å². The van der Waals surface area contributed by atoms with Crippen LogP contribution >= 0.6 is 0 Å². The number of pyridine rings is 1. The highest BCUT2D eigenvalue weighted by atomic mass is 15.2. The van der Waals surface area contributed by atoms with Gasteiger partial charge in [-0.05, 0) is 45.2 Å². The molecule has 0 radical (unpaired) electrons. The Morgan fingerprint density at radius 1 is 1.26 bits per heavy atom. The van der Waals surface area contributed by atoms with Gasteiger partial charge in [-0.25, -0.2) is 4.98 Å². The van der Waals surface area contributed by atoms with Crippen molar-refractivity contribution in [2.75, 3.05) is 11.9 Å². The van der Waals surface area contributed by atoms with Gasteiger partial charge in [0.05, 0.1) is 5.69 Å². The lowest BCUT2D eigenvalue weighted by molar-refractivity contribution is 0.0939. The quantitative estimate of drug-likeness (QED) is 0.876. The standard InChI is InChI=1S/C16H27N3/c1-4-11-17-16-10-6-9-15(18-16)12-19-13(2)7-5-8-14(19)3/h6,9-10,13-14H,4-5,7-8,11-12H2,1-3H3,(H,17,18)/t13-,14+. The lowest BCUT2D eigenvalue weighted by atomic mass is 9.97. The maximum absolute atomic E-state index is 4.72. The first-order valence-corrected chi connectivity index (χ1v) is 7.66. The summed E-state index contributed by atoms with van der Waals surface area (Å²) in [4.78, 5) is 7.31. The Labute approximate surface area is 117 Å². The second kappa shape index (κ2) is 6.90. The van der Waals surface area contributed by atoms with E-state index in [-0.39, 0.29) is 0 Å². The third kappa shape index (κ3) is 3.93. The van der Waals surface area contributed by atoms with E-state index in [0.29, 0.717) is 12.1 Å². The van der Waals surface area contributed by atoms with E-state index in [1.54, 1.807) is 0 Å². The van der Waals surface area contributed by atoms with E-state index in [2.05, 4.69) is 49.2 Å². The molecule has 19 heavy (non-hydrogen) atoms. The van der Waals surface area contributed by atoms with Crippen LogP contribution in [0.4, 0.5) is 5.82 Å². The highest BCUT2D eigenvalue weighted by Crippen LogP contribution is 2.24. The molecule has 0 amide bonds. The van der Waals surface area contributed by atoms with Gasteiger partial charge in [0.15, 0.2) is 0 Å². The molecule has 1 saturated heterocycles. The average molecular weight is 261 g/mol. The van der Waals surface area contributed by atoms with E-state index in [4.69, 9.17) is 4.98 Å². The SMILES string of the molecule is CCCNc1cccc(CN2[C@H](C)CCC[C@@H]2C)n1. The molecule has 106 valence electrons. The highest BCUT2D eigenvalue weighted by molar-refractivity contribution is 5.35. The molecule has 1 aliphatic heterocycles. The lowest BCUT2D eigenvalue weighted by Crippen LogP contribution is -2.43. The van der Waals surface area contributed by atoms with Crippen LogP contribution in [0.2, 0.25) is 0 Å². The van der Waals surface area contributed by atoms with Crippen LogP contribution in [0.1, 0.15) is 52.1 Å². The Balaban J connectivity index is 2.01. The molecule has 3 nitrogen and oxygen atoms in total. The first kappa shape index (κ1) is 14.3. The van der Waals surface area contributed by atoms with Gasteiger partial charge in [-0.15, -0.1) is 0 Å². The normalized spacial score (nSPS) is 24.4. The van der Waals surface area contributed by atoms with E-state index >= 15 is 0 Å². The number of piperidine rings is 1. The van der Waals surface area contributed by atoms with Crippen LogP contribution in [0.3, 0.4) is 0 Å². The molecule has 0 unspecified atom stereocenters. The molecule has 0 aromatic carbocycles. The summed E-state index contributed by atoms with van der Waals surface area (Å²) in [7, 11) is 0. The number of nitrogens with zero attached hydrogens (tertiary/aromatic N) is 2. The summed E-state index contributed by atoms with van der Waals surface area (Å²) in [6.07, 6.45) is 5.13. The number of aromatic nitrogens is 1. The largest absolute Gasteiger partial charge is 0.370 e. The summed E-state index contributed by atoms with van der Waals surface area (Å²) in [5.41, 5.74) is 1.18. The maximum atomic E-state index is 4.72. The summed E-state index contributed by atoms with van der Waals surface area (Å²) in [6.45, 7) is 8.83. The third-order valence-electron chi connectivity index (χ3n) is 4.08.